The van der Waals surface area contributed by atoms with E-state index in [0.29, 0.717) is 6.42 Å². The maximum absolute atomic E-state index is 12.1. The first-order chi connectivity index (χ1) is 8.81. The van der Waals surface area contributed by atoms with Gasteiger partial charge in [-0.1, -0.05) is 12.8 Å². The Bertz CT molecular complexity index is 634. The molecule has 0 amide bonds. The van der Waals surface area contributed by atoms with Gasteiger partial charge >= 0.3 is 5.97 Å². The van der Waals surface area contributed by atoms with Crippen molar-refractivity contribution in [2.24, 2.45) is 0 Å². The van der Waals surface area contributed by atoms with Crippen molar-refractivity contribution in [1.82, 2.24) is 4.72 Å². The van der Waals surface area contributed by atoms with E-state index in [4.69, 9.17) is 11.5 Å². The summed E-state index contributed by atoms with van der Waals surface area (Å²) in [6, 6.07) is 3.13. The Hall–Kier alpha value is -1.36. The highest BCUT2D eigenvalue weighted by Gasteiger charge is 2.22. The van der Waals surface area contributed by atoms with Crippen molar-refractivity contribution in [3.05, 3.63) is 28.2 Å². The number of hydrogen-bond acceptors (Lipinski definition) is 3. The number of rotatable bonds is 5. The second kappa shape index (κ2) is 6.19. The lowest BCUT2D eigenvalue weighted by Gasteiger charge is -2.13. The molecule has 0 radical (unpaired) electrons. The van der Waals surface area contributed by atoms with Gasteiger partial charge in [-0.2, -0.15) is 4.72 Å². The Morgan fingerprint density at radius 2 is 2.21 bits per heavy atom. The van der Waals surface area contributed by atoms with E-state index in [1.54, 1.807) is 6.92 Å². The minimum Gasteiger partial charge on any atom is -0.478 e. The number of hydrogen-bond donors (Lipinski definition) is 2. The zero-order valence-corrected chi connectivity index (χ0v) is 12.5. The smallest absolute Gasteiger partial charge is 0.335 e. The number of halogens is 1. The molecule has 1 aromatic carbocycles. The van der Waals surface area contributed by atoms with Crippen LogP contribution in [0.15, 0.2) is 27.6 Å². The summed E-state index contributed by atoms with van der Waals surface area (Å²) < 4.78 is 26.9. The molecule has 0 saturated heterocycles. The number of benzene rings is 1. The molecule has 2 N–H and O–H groups in total. The van der Waals surface area contributed by atoms with Crippen LogP contribution in [0.4, 0.5) is 0 Å². The molecule has 1 atom stereocenters. The zero-order chi connectivity index (χ0) is 14.6. The molecule has 0 aliphatic carbocycles. The van der Waals surface area contributed by atoms with Gasteiger partial charge in [0.1, 0.15) is 0 Å². The second-order valence-corrected chi connectivity index (χ2v) is 6.24. The number of aromatic carboxylic acids is 1. The minimum absolute atomic E-state index is 0.114. The van der Waals surface area contributed by atoms with Crippen LogP contribution in [0.25, 0.3) is 0 Å². The van der Waals surface area contributed by atoms with E-state index in [1.165, 1.54) is 12.1 Å². The summed E-state index contributed by atoms with van der Waals surface area (Å²) in [6.07, 6.45) is 5.64. The van der Waals surface area contributed by atoms with Gasteiger partial charge in [0.05, 0.1) is 16.5 Å². The molecule has 0 aliphatic heterocycles. The molecular formula is C12H12BrNO4S. The molecule has 0 bridgehead atoms. The summed E-state index contributed by atoms with van der Waals surface area (Å²) in [5, 5.41) is 8.88. The average Bonchev–Trinajstić information content (AvgIpc) is 2.35. The molecular weight excluding hydrogens is 334 g/mol. The van der Waals surface area contributed by atoms with E-state index in [0.717, 1.165) is 6.07 Å². The van der Waals surface area contributed by atoms with Crippen LogP contribution in [0.1, 0.15) is 23.7 Å². The number of terminal acetylenes is 1. The highest BCUT2D eigenvalue weighted by molar-refractivity contribution is 9.10. The molecule has 0 saturated carbocycles. The van der Waals surface area contributed by atoms with E-state index in [1.807, 2.05) is 0 Å². The Morgan fingerprint density at radius 3 is 2.68 bits per heavy atom. The largest absolute Gasteiger partial charge is 0.478 e. The lowest BCUT2D eigenvalue weighted by atomic mass is 10.2. The fourth-order valence-electron chi connectivity index (χ4n) is 1.33. The Balaban J connectivity index is 3.25. The number of nitrogens with one attached hydrogen (secondary N) is 1. The summed E-state index contributed by atoms with van der Waals surface area (Å²) in [6.45, 7) is 1.75. The van der Waals surface area contributed by atoms with Gasteiger partial charge in [0.2, 0.25) is 10.0 Å². The van der Waals surface area contributed by atoms with Crippen LogP contribution in [0.2, 0.25) is 0 Å². The van der Waals surface area contributed by atoms with E-state index < -0.39 is 22.0 Å². The van der Waals surface area contributed by atoms with Gasteiger partial charge in [-0.15, -0.1) is 6.42 Å². The van der Waals surface area contributed by atoms with Crippen LogP contribution in [0.3, 0.4) is 0 Å². The number of carbonyl (C=O) groups is 1. The quantitative estimate of drug-likeness (QED) is 0.797. The van der Waals surface area contributed by atoms with Crippen molar-refractivity contribution < 1.29 is 18.3 Å². The van der Waals surface area contributed by atoms with Gasteiger partial charge < -0.3 is 5.11 Å². The SMILES string of the molecule is C#CC(CC)NS(=O)(=O)c1cc(C(=O)O)ccc1Br. The van der Waals surface area contributed by atoms with Gasteiger partial charge in [-0.05, 0) is 40.5 Å². The van der Waals surface area contributed by atoms with E-state index in [2.05, 4.69) is 26.6 Å². The monoisotopic (exact) mass is 345 g/mol. The molecule has 0 aromatic heterocycles. The van der Waals surface area contributed by atoms with E-state index in [9.17, 15) is 13.2 Å². The maximum Gasteiger partial charge on any atom is 0.335 e. The molecule has 1 unspecified atom stereocenters. The fraction of sp³-hybridized carbons (Fsp3) is 0.250. The van der Waals surface area contributed by atoms with Gasteiger partial charge in [-0.25, -0.2) is 13.2 Å². The van der Waals surface area contributed by atoms with Crippen molar-refractivity contribution in [1.29, 1.82) is 0 Å². The van der Waals surface area contributed by atoms with Gasteiger partial charge in [0, 0.05) is 4.47 Å². The first-order valence-corrected chi connectivity index (χ1v) is 7.60. The zero-order valence-electron chi connectivity index (χ0n) is 10.1. The summed E-state index contributed by atoms with van der Waals surface area (Å²) in [4.78, 5) is 10.7. The Labute approximate surface area is 120 Å². The molecule has 7 heteroatoms. The van der Waals surface area contributed by atoms with Crippen LogP contribution in [0.5, 0.6) is 0 Å². The number of carboxylic acid groups (broad SMARTS) is 1. The van der Waals surface area contributed by atoms with Gasteiger partial charge in [-0.3, -0.25) is 0 Å². The molecule has 0 heterocycles. The Kier molecular flexibility index (Phi) is 5.11. The van der Waals surface area contributed by atoms with Crippen molar-refractivity contribution in [2.75, 3.05) is 0 Å². The molecule has 0 spiro atoms. The lowest BCUT2D eigenvalue weighted by molar-refractivity contribution is 0.0696. The topological polar surface area (TPSA) is 83.5 Å². The van der Waals surface area contributed by atoms with Crippen LogP contribution in [-0.2, 0) is 10.0 Å². The third-order valence-corrected chi connectivity index (χ3v) is 4.84. The van der Waals surface area contributed by atoms with Gasteiger partial charge in [0.25, 0.3) is 0 Å². The third kappa shape index (κ3) is 3.80. The standard InChI is InChI=1S/C12H12BrNO4S/c1-3-9(4-2)14-19(17,18)11-7-8(12(15)16)5-6-10(11)13/h1,5-7,9,14H,4H2,2H3,(H,15,16). The summed E-state index contributed by atoms with van der Waals surface area (Å²) >= 11 is 3.09. The summed E-state index contributed by atoms with van der Waals surface area (Å²) in [5.41, 5.74) is -0.114. The van der Waals surface area contributed by atoms with E-state index >= 15 is 0 Å². The maximum atomic E-state index is 12.1. The normalized spacial score (nSPS) is 12.7. The van der Waals surface area contributed by atoms with Crippen molar-refractivity contribution in [3.8, 4) is 12.3 Å². The van der Waals surface area contributed by atoms with Crippen LogP contribution in [-0.4, -0.2) is 25.5 Å². The van der Waals surface area contributed by atoms with Crippen LogP contribution in [0, 0.1) is 12.3 Å². The molecule has 1 rings (SSSR count). The van der Waals surface area contributed by atoms with Crippen molar-refractivity contribution >= 4 is 31.9 Å². The first-order valence-electron chi connectivity index (χ1n) is 5.33. The molecule has 0 aliphatic rings. The molecule has 0 fully saturated rings. The number of sulfonamides is 1. The molecule has 102 valence electrons. The fourth-order valence-corrected chi connectivity index (χ4v) is 3.56. The van der Waals surface area contributed by atoms with Gasteiger partial charge in [0.15, 0.2) is 0 Å². The van der Waals surface area contributed by atoms with Crippen molar-refractivity contribution in [3.63, 3.8) is 0 Å². The first kappa shape index (κ1) is 15.7. The average molecular weight is 346 g/mol. The van der Waals surface area contributed by atoms with Crippen LogP contribution < -0.4 is 4.72 Å². The third-order valence-electron chi connectivity index (χ3n) is 2.37. The minimum atomic E-state index is -3.87. The predicted octanol–water partition coefficient (Wildman–Crippen LogP) is 1.84. The summed E-state index contributed by atoms with van der Waals surface area (Å²) in [7, 11) is -3.87. The lowest BCUT2D eigenvalue weighted by Crippen LogP contribution is -2.33. The molecule has 5 nitrogen and oxygen atoms in total. The van der Waals surface area contributed by atoms with Crippen molar-refractivity contribution in [2.45, 2.75) is 24.3 Å². The second-order valence-electron chi connectivity index (χ2n) is 3.70. The predicted molar refractivity (Wildman–Crippen MR) is 74.3 cm³/mol. The molecule has 19 heavy (non-hydrogen) atoms. The van der Waals surface area contributed by atoms with E-state index in [-0.39, 0.29) is 14.9 Å². The molecule has 1 aromatic rings. The highest BCUT2D eigenvalue weighted by Crippen LogP contribution is 2.23. The number of carboxylic acids is 1. The summed E-state index contributed by atoms with van der Waals surface area (Å²) in [5.74, 6) is 1.11. The van der Waals surface area contributed by atoms with Crippen LogP contribution >= 0.6 is 15.9 Å². The highest BCUT2D eigenvalue weighted by atomic mass is 79.9. The Morgan fingerprint density at radius 1 is 1.58 bits per heavy atom.